The number of halogens is 1. The van der Waals surface area contributed by atoms with Crippen LogP contribution in [0.25, 0.3) is 20.9 Å². The second-order valence-corrected chi connectivity index (χ2v) is 6.86. The standard InChI is InChI=1S/C20H19FN6O2/c1-12(28)29-20-18-9-15(21)7-6-14(18)8-13-4-2-3-5-17(13)19(20)10-16(25-27-23)11-24-26-22/h2-7,9,16,19-20H,8,10-11H2,1H3/t16-,19+,20-/m0/s1. The molecule has 0 saturated carbocycles. The van der Waals surface area contributed by atoms with Gasteiger partial charge in [0.2, 0.25) is 0 Å². The number of esters is 1. The van der Waals surface area contributed by atoms with Crippen LogP contribution >= 0.6 is 0 Å². The van der Waals surface area contributed by atoms with E-state index in [-0.39, 0.29) is 13.0 Å². The van der Waals surface area contributed by atoms with Gasteiger partial charge in [-0.2, -0.15) is 0 Å². The quantitative estimate of drug-likeness (QED) is 0.278. The zero-order valence-electron chi connectivity index (χ0n) is 15.8. The minimum atomic E-state index is -0.760. The van der Waals surface area contributed by atoms with Gasteiger partial charge in [0.15, 0.2) is 0 Å². The Bertz CT molecular complexity index is 1010. The number of fused-ring (bicyclic) bond motifs is 2. The Morgan fingerprint density at radius 1 is 1.21 bits per heavy atom. The van der Waals surface area contributed by atoms with E-state index >= 15 is 0 Å². The normalized spacial score (nSPS) is 18.1. The number of rotatable bonds is 6. The molecule has 0 bridgehead atoms. The average molecular weight is 394 g/mol. The SMILES string of the molecule is CC(=O)O[C@H]1c2cc(F)ccc2Cc2ccccc2[C@H]1C[C@@H](CN=[N+]=[N-])N=[N+]=[N-]. The zero-order chi connectivity index (χ0) is 20.8. The molecule has 2 aromatic carbocycles. The highest BCUT2D eigenvalue weighted by Crippen LogP contribution is 2.44. The summed E-state index contributed by atoms with van der Waals surface area (Å²) in [5.41, 5.74) is 20.9. The highest BCUT2D eigenvalue weighted by Gasteiger charge is 2.35. The Morgan fingerprint density at radius 2 is 1.97 bits per heavy atom. The molecule has 0 heterocycles. The summed E-state index contributed by atoms with van der Waals surface area (Å²) in [5.74, 6) is -1.32. The van der Waals surface area contributed by atoms with Gasteiger partial charge < -0.3 is 4.74 Å². The number of azide groups is 2. The Hall–Kier alpha value is -3.54. The van der Waals surface area contributed by atoms with Gasteiger partial charge in [-0.1, -0.05) is 40.6 Å². The molecular weight excluding hydrogens is 375 g/mol. The molecule has 1 aliphatic carbocycles. The topological polar surface area (TPSA) is 124 Å². The predicted octanol–water partition coefficient (Wildman–Crippen LogP) is 5.50. The van der Waals surface area contributed by atoms with Crippen LogP contribution in [0.3, 0.4) is 0 Å². The molecule has 0 radical (unpaired) electrons. The number of hydrogen-bond acceptors (Lipinski definition) is 4. The molecule has 0 N–H and O–H groups in total. The molecule has 1 aliphatic rings. The van der Waals surface area contributed by atoms with Gasteiger partial charge in [0.05, 0.1) is 0 Å². The molecule has 29 heavy (non-hydrogen) atoms. The average Bonchev–Trinajstić information content (AvgIpc) is 2.81. The van der Waals surface area contributed by atoms with Gasteiger partial charge in [-0.3, -0.25) is 4.79 Å². The zero-order valence-corrected chi connectivity index (χ0v) is 15.8. The van der Waals surface area contributed by atoms with E-state index in [4.69, 9.17) is 15.8 Å². The first-order chi connectivity index (χ1) is 14.0. The molecule has 0 unspecified atom stereocenters. The van der Waals surface area contributed by atoms with Crippen molar-refractivity contribution in [3.05, 3.63) is 91.4 Å². The van der Waals surface area contributed by atoms with E-state index in [1.54, 1.807) is 6.07 Å². The third kappa shape index (κ3) is 4.66. The maximum absolute atomic E-state index is 14.1. The highest BCUT2D eigenvalue weighted by molar-refractivity contribution is 5.66. The third-order valence-electron chi connectivity index (χ3n) is 5.00. The number of hydrogen-bond donors (Lipinski definition) is 0. The van der Waals surface area contributed by atoms with Gasteiger partial charge in [-0.15, -0.1) is 0 Å². The molecule has 2 aromatic rings. The van der Waals surface area contributed by atoms with Gasteiger partial charge in [0.1, 0.15) is 11.9 Å². The van der Waals surface area contributed by atoms with Crippen molar-refractivity contribution in [3.8, 4) is 0 Å². The molecule has 0 fully saturated rings. The van der Waals surface area contributed by atoms with Crippen LogP contribution < -0.4 is 0 Å². The van der Waals surface area contributed by atoms with Crippen LogP contribution in [0.2, 0.25) is 0 Å². The summed E-state index contributed by atoms with van der Waals surface area (Å²) < 4.78 is 19.7. The van der Waals surface area contributed by atoms with E-state index in [1.807, 2.05) is 24.3 Å². The highest BCUT2D eigenvalue weighted by atomic mass is 19.1. The number of benzene rings is 2. The smallest absolute Gasteiger partial charge is 0.303 e. The molecule has 3 rings (SSSR count). The second-order valence-electron chi connectivity index (χ2n) is 6.86. The Kier molecular flexibility index (Phi) is 6.34. The van der Waals surface area contributed by atoms with Crippen molar-refractivity contribution in [2.24, 2.45) is 10.2 Å². The van der Waals surface area contributed by atoms with Crippen molar-refractivity contribution in [2.45, 2.75) is 37.8 Å². The van der Waals surface area contributed by atoms with E-state index in [0.29, 0.717) is 12.0 Å². The van der Waals surface area contributed by atoms with Crippen molar-refractivity contribution in [2.75, 3.05) is 6.54 Å². The van der Waals surface area contributed by atoms with Crippen LogP contribution in [-0.4, -0.2) is 18.6 Å². The number of nitrogens with zero attached hydrogens (tertiary/aromatic N) is 6. The molecule has 148 valence electrons. The van der Waals surface area contributed by atoms with Gasteiger partial charge in [0, 0.05) is 35.3 Å². The third-order valence-corrected chi connectivity index (χ3v) is 5.00. The van der Waals surface area contributed by atoms with Gasteiger partial charge in [-0.25, -0.2) is 4.39 Å². The van der Waals surface area contributed by atoms with Crippen molar-refractivity contribution < 1.29 is 13.9 Å². The molecule has 8 nitrogen and oxygen atoms in total. The summed E-state index contributed by atoms with van der Waals surface area (Å²) in [6, 6.07) is 11.5. The summed E-state index contributed by atoms with van der Waals surface area (Å²) in [6.07, 6.45) is 0.0700. The molecule has 0 saturated heterocycles. The van der Waals surface area contributed by atoms with Crippen molar-refractivity contribution in [1.29, 1.82) is 0 Å². The minimum absolute atomic E-state index is 0.0258. The molecule has 9 heteroatoms. The lowest BCUT2D eigenvalue weighted by molar-refractivity contribution is -0.148. The lowest BCUT2D eigenvalue weighted by Crippen LogP contribution is -2.22. The summed E-state index contributed by atoms with van der Waals surface area (Å²) in [4.78, 5) is 17.5. The van der Waals surface area contributed by atoms with Gasteiger partial charge >= 0.3 is 5.97 Å². The number of ether oxygens (including phenoxy) is 1. The largest absolute Gasteiger partial charge is 0.457 e. The Labute approximate surface area is 166 Å². The fraction of sp³-hybridized carbons (Fsp3) is 0.350. The lowest BCUT2D eigenvalue weighted by atomic mass is 9.84. The van der Waals surface area contributed by atoms with Crippen LogP contribution in [0.5, 0.6) is 0 Å². The van der Waals surface area contributed by atoms with Gasteiger partial charge in [0.25, 0.3) is 0 Å². The predicted molar refractivity (Wildman–Crippen MR) is 104 cm³/mol. The van der Waals surface area contributed by atoms with Crippen LogP contribution in [0.4, 0.5) is 4.39 Å². The van der Waals surface area contributed by atoms with Crippen LogP contribution in [0.1, 0.15) is 47.6 Å². The minimum Gasteiger partial charge on any atom is -0.457 e. The number of carbonyl (C=O) groups excluding carboxylic acids is 1. The molecular formula is C20H19FN6O2. The summed E-state index contributed by atoms with van der Waals surface area (Å²) in [6.45, 7) is 1.28. The monoisotopic (exact) mass is 394 g/mol. The van der Waals surface area contributed by atoms with E-state index in [0.717, 1.165) is 16.7 Å². The van der Waals surface area contributed by atoms with Crippen molar-refractivity contribution in [1.82, 2.24) is 0 Å². The second kappa shape index (κ2) is 9.10. The maximum Gasteiger partial charge on any atom is 0.303 e. The molecule has 3 atom stereocenters. The maximum atomic E-state index is 14.1. The Balaban J connectivity index is 2.15. The van der Waals surface area contributed by atoms with Crippen molar-refractivity contribution in [3.63, 3.8) is 0 Å². The van der Waals surface area contributed by atoms with E-state index in [1.165, 1.54) is 19.1 Å². The summed E-state index contributed by atoms with van der Waals surface area (Å²) >= 11 is 0. The van der Waals surface area contributed by atoms with Crippen LogP contribution in [0, 0.1) is 5.82 Å². The first kappa shape index (κ1) is 20.2. The summed E-state index contributed by atoms with van der Waals surface area (Å²) in [5, 5.41) is 7.28. The van der Waals surface area contributed by atoms with E-state index in [2.05, 4.69) is 20.1 Å². The molecule has 0 amide bonds. The van der Waals surface area contributed by atoms with Crippen LogP contribution in [0.15, 0.2) is 52.7 Å². The van der Waals surface area contributed by atoms with Crippen LogP contribution in [-0.2, 0) is 16.0 Å². The van der Waals surface area contributed by atoms with Gasteiger partial charge in [-0.05, 0) is 58.3 Å². The van der Waals surface area contributed by atoms with E-state index in [9.17, 15) is 9.18 Å². The van der Waals surface area contributed by atoms with Crippen molar-refractivity contribution >= 4 is 5.97 Å². The molecule has 0 aromatic heterocycles. The first-order valence-corrected chi connectivity index (χ1v) is 9.12. The lowest BCUT2D eigenvalue weighted by Gasteiger charge is -2.29. The first-order valence-electron chi connectivity index (χ1n) is 9.12. The molecule has 0 spiro atoms. The fourth-order valence-corrected chi connectivity index (χ4v) is 3.86. The fourth-order valence-electron chi connectivity index (χ4n) is 3.86. The summed E-state index contributed by atoms with van der Waals surface area (Å²) in [7, 11) is 0. The molecule has 0 aliphatic heterocycles. The van der Waals surface area contributed by atoms with E-state index < -0.39 is 29.9 Å². The number of carbonyl (C=O) groups is 1. The Morgan fingerprint density at radius 3 is 2.69 bits per heavy atom.